The highest BCUT2D eigenvalue weighted by Gasteiger charge is 2.23. The van der Waals surface area contributed by atoms with Gasteiger partial charge in [-0.25, -0.2) is 4.98 Å². The predicted octanol–water partition coefficient (Wildman–Crippen LogP) is 1.16. The average molecular weight is 267 g/mol. The SMILES string of the molecule is COc1nc(Cl)ncc1C(O)C(O)CCCl. The third kappa shape index (κ3) is 3.18. The van der Waals surface area contributed by atoms with Crippen molar-refractivity contribution in [3.05, 3.63) is 17.0 Å². The van der Waals surface area contributed by atoms with Gasteiger partial charge in [0.25, 0.3) is 0 Å². The minimum Gasteiger partial charge on any atom is -0.481 e. The van der Waals surface area contributed by atoms with Crippen molar-refractivity contribution < 1.29 is 14.9 Å². The monoisotopic (exact) mass is 266 g/mol. The molecule has 1 aromatic heterocycles. The number of alkyl halides is 1. The lowest BCUT2D eigenvalue weighted by Gasteiger charge is -2.18. The molecular formula is C9H12Cl2N2O3. The zero-order valence-corrected chi connectivity index (χ0v) is 10.1. The van der Waals surface area contributed by atoms with E-state index in [1.807, 2.05) is 0 Å². The summed E-state index contributed by atoms with van der Waals surface area (Å²) in [5, 5.41) is 19.4. The number of methoxy groups -OCH3 is 1. The maximum Gasteiger partial charge on any atom is 0.225 e. The van der Waals surface area contributed by atoms with E-state index in [0.717, 1.165) is 0 Å². The molecule has 0 fully saturated rings. The van der Waals surface area contributed by atoms with Crippen LogP contribution in [0.4, 0.5) is 0 Å². The van der Waals surface area contributed by atoms with Gasteiger partial charge in [-0.3, -0.25) is 0 Å². The van der Waals surface area contributed by atoms with Crippen molar-refractivity contribution in [2.75, 3.05) is 13.0 Å². The summed E-state index contributed by atoms with van der Waals surface area (Å²) in [4.78, 5) is 7.50. The average Bonchev–Trinajstić information content (AvgIpc) is 2.28. The summed E-state index contributed by atoms with van der Waals surface area (Å²) in [5.74, 6) is 0.385. The van der Waals surface area contributed by atoms with Gasteiger partial charge in [0.15, 0.2) is 0 Å². The first-order chi connectivity index (χ1) is 7.60. The summed E-state index contributed by atoms with van der Waals surface area (Å²) in [5.41, 5.74) is 0.282. The molecule has 7 heteroatoms. The molecule has 0 radical (unpaired) electrons. The minimum atomic E-state index is -1.15. The number of rotatable bonds is 5. The lowest BCUT2D eigenvalue weighted by Crippen LogP contribution is -2.20. The van der Waals surface area contributed by atoms with Crippen molar-refractivity contribution in [1.29, 1.82) is 0 Å². The first-order valence-electron chi connectivity index (χ1n) is 4.58. The maximum atomic E-state index is 9.81. The van der Waals surface area contributed by atoms with Gasteiger partial charge in [0.1, 0.15) is 6.10 Å². The molecule has 0 bridgehead atoms. The van der Waals surface area contributed by atoms with E-state index >= 15 is 0 Å². The summed E-state index contributed by atoms with van der Waals surface area (Å²) >= 11 is 11.0. The zero-order chi connectivity index (χ0) is 12.1. The Morgan fingerprint density at radius 3 is 2.75 bits per heavy atom. The fraction of sp³-hybridized carbons (Fsp3) is 0.556. The number of halogens is 2. The molecule has 90 valence electrons. The Balaban J connectivity index is 2.93. The van der Waals surface area contributed by atoms with Crippen LogP contribution in [0, 0.1) is 0 Å². The van der Waals surface area contributed by atoms with Crippen LogP contribution in [0.1, 0.15) is 18.1 Å². The van der Waals surface area contributed by atoms with Crippen LogP contribution in [0.15, 0.2) is 6.20 Å². The first kappa shape index (κ1) is 13.4. The van der Waals surface area contributed by atoms with Crippen molar-refractivity contribution in [3.63, 3.8) is 0 Å². The first-order valence-corrected chi connectivity index (χ1v) is 5.50. The van der Waals surface area contributed by atoms with Crippen LogP contribution >= 0.6 is 23.2 Å². The van der Waals surface area contributed by atoms with Crippen LogP contribution < -0.4 is 4.74 Å². The Labute approximate surface area is 103 Å². The molecule has 0 aliphatic rings. The Kier molecular flexibility index (Phi) is 5.21. The molecule has 0 saturated heterocycles. The highest BCUT2D eigenvalue weighted by molar-refractivity contribution is 6.28. The normalized spacial score (nSPS) is 14.6. The zero-order valence-electron chi connectivity index (χ0n) is 8.60. The molecule has 2 N–H and O–H groups in total. The topological polar surface area (TPSA) is 75.5 Å². The predicted molar refractivity (Wildman–Crippen MR) is 59.9 cm³/mol. The molecule has 1 heterocycles. The van der Waals surface area contributed by atoms with Crippen molar-refractivity contribution in [2.45, 2.75) is 18.6 Å². The summed E-state index contributed by atoms with van der Waals surface area (Å²) in [6, 6.07) is 0. The minimum absolute atomic E-state index is 0.0135. The second kappa shape index (κ2) is 6.20. The summed E-state index contributed by atoms with van der Waals surface area (Å²) in [7, 11) is 1.39. The molecule has 5 nitrogen and oxygen atoms in total. The van der Waals surface area contributed by atoms with E-state index in [1.165, 1.54) is 13.3 Å². The number of aliphatic hydroxyl groups is 2. The van der Waals surface area contributed by atoms with E-state index in [9.17, 15) is 10.2 Å². The van der Waals surface area contributed by atoms with Gasteiger partial charge < -0.3 is 14.9 Å². The van der Waals surface area contributed by atoms with Gasteiger partial charge in [-0.1, -0.05) is 0 Å². The lowest BCUT2D eigenvalue weighted by atomic mass is 10.1. The second-order valence-electron chi connectivity index (χ2n) is 3.09. The Morgan fingerprint density at radius 1 is 1.50 bits per heavy atom. The third-order valence-corrected chi connectivity index (χ3v) is 2.43. The van der Waals surface area contributed by atoms with Crippen molar-refractivity contribution in [2.24, 2.45) is 0 Å². The maximum absolute atomic E-state index is 9.81. The van der Waals surface area contributed by atoms with Crippen LogP contribution in [0.2, 0.25) is 5.28 Å². The Bertz CT molecular complexity index is 352. The summed E-state index contributed by atoms with van der Waals surface area (Å²) in [6.07, 6.45) is -0.563. The molecule has 0 spiro atoms. The fourth-order valence-electron chi connectivity index (χ4n) is 1.20. The fourth-order valence-corrected chi connectivity index (χ4v) is 1.55. The largest absolute Gasteiger partial charge is 0.481 e. The van der Waals surface area contributed by atoms with Crippen LogP contribution in [0.3, 0.4) is 0 Å². The number of hydrogen-bond acceptors (Lipinski definition) is 5. The van der Waals surface area contributed by atoms with Crippen LogP contribution in [0.5, 0.6) is 5.88 Å². The van der Waals surface area contributed by atoms with Gasteiger partial charge in [0.2, 0.25) is 11.2 Å². The van der Waals surface area contributed by atoms with E-state index in [-0.39, 0.29) is 29.0 Å². The van der Waals surface area contributed by atoms with E-state index < -0.39 is 12.2 Å². The number of hydrogen-bond donors (Lipinski definition) is 2. The van der Waals surface area contributed by atoms with Gasteiger partial charge in [-0.2, -0.15) is 4.98 Å². The molecule has 16 heavy (non-hydrogen) atoms. The molecule has 2 unspecified atom stereocenters. The van der Waals surface area contributed by atoms with Gasteiger partial charge in [-0.15, -0.1) is 11.6 Å². The van der Waals surface area contributed by atoms with Gasteiger partial charge in [0.05, 0.1) is 18.8 Å². The molecule has 0 aromatic carbocycles. The molecular weight excluding hydrogens is 255 g/mol. The third-order valence-electron chi connectivity index (χ3n) is 2.03. The quantitative estimate of drug-likeness (QED) is 0.618. The van der Waals surface area contributed by atoms with Gasteiger partial charge in [-0.05, 0) is 18.0 Å². The second-order valence-corrected chi connectivity index (χ2v) is 3.81. The molecule has 1 rings (SSSR count). The lowest BCUT2D eigenvalue weighted by molar-refractivity contribution is 0.0151. The molecule has 0 aliphatic carbocycles. The molecule has 0 aliphatic heterocycles. The standard InChI is InChI=1S/C9H12Cl2N2O3/c1-16-8-5(4-12-9(11)13-8)7(15)6(14)2-3-10/h4,6-7,14-15H,2-3H2,1H3. The van der Waals surface area contributed by atoms with Crippen molar-refractivity contribution in [1.82, 2.24) is 9.97 Å². The van der Waals surface area contributed by atoms with Gasteiger partial charge >= 0.3 is 0 Å². The number of ether oxygens (including phenoxy) is 1. The van der Waals surface area contributed by atoms with E-state index in [4.69, 9.17) is 27.9 Å². The highest BCUT2D eigenvalue weighted by atomic mass is 35.5. The van der Waals surface area contributed by atoms with E-state index in [1.54, 1.807) is 0 Å². The van der Waals surface area contributed by atoms with Gasteiger partial charge in [0, 0.05) is 12.1 Å². The molecule has 0 amide bonds. The van der Waals surface area contributed by atoms with E-state index in [2.05, 4.69) is 9.97 Å². The smallest absolute Gasteiger partial charge is 0.225 e. The summed E-state index contributed by atoms with van der Waals surface area (Å²) < 4.78 is 4.94. The van der Waals surface area contributed by atoms with Crippen molar-refractivity contribution >= 4 is 23.2 Å². The molecule has 2 atom stereocenters. The highest BCUT2D eigenvalue weighted by Crippen LogP contribution is 2.26. The molecule has 0 saturated carbocycles. The Hall–Kier alpha value is -0.620. The van der Waals surface area contributed by atoms with Crippen LogP contribution in [-0.4, -0.2) is 39.3 Å². The van der Waals surface area contributed by atoms with Crippen molar-refractivity contribution in [3.8, 4) is 5.88 Å². The van der Waals surface area contributed by atoms with Crippen LogP contribution in [0.25, 0.3) is 0 Å². The number of aromatic nitrogens is 2. The number of aliphatic hydroxyl groups excluding tert-OH is 2. The van der Waals surface area contributed by atoms with Crippen LogP contribution in [-0.2, 0) is 0 Å². The van der Waals surface area contributed by atoms with E-state index in [0.29, 0.717) is 0 Å². The Morgan fingerprint density at radius 2 is 2.19 bits per heavy atom. The number of nitrogens with zero attached hydrogens (tertiary/aromatic N) is 2. The summed E-state index contributed by atoms with van der Waals surface area (Å²) in [6.45, 7) is 0. The molecule has 1 aromatic rings.